The van der Waals surface area contributed by atoms with E-state index in [9.17, 15) is 4.79 Å². The van der Waals surface area contributed by atoms with Gasteiger partial charge in [0.2, 0.25) is 11.0 Å². The molecule has 0 saturated heterocycles. The second kappa shape index (κ2) is 3.56. The first-order valence-electron chi connectivity index (χ1n) is 5.33. The number of carbonyl (C=O) groups is 1. The number of carboxylic acid groups (broad SMARTS) is 1. The number of rotatable bonds is 1. The Hall–Kier alpha value is -2.42. The Labute approximate surface area is 97.3 Å². The van der Waals surface area contributed by atoms with Crippen molar-refractivity contribution in [1.82, 2.24) is 0 Å². The molecule has 1 heterocycles. The Balaban J connectivity index is 2.47. The van der Waals surface area contributed by atoms with E-state index in [1.54, 1.807) is 12.1 Å². The maximum atomic E-state index is 11.1. The maximum Gasteiger partial charge on any atom is 0.336 e. The molecule has 0 amide bonds. The molecule has 0 bridgehead atoms. The van der Waals surface area contributed by atoms with Crippen molar-refractivity contribution in [3.8, 4) is 0 Å². The van der Waals surface area contributed by atoms with Crippen LogP contribution < -0.4 is 4.98 Å². The lowest BCUT2D eigenvalue weighted by atomic mass is 10.1. The van der Waals surface area contributed by atoms with Crippen LogP contribution in [0.3, 0.4) is 0 Å². The van der Waals surface area contributed by atoms with Crippen molar-refractivity contribution in [2.24, 2.45) is 0 Å². The minimum atomic E-state index is -0.903. The van der Waals surface area contributed by atoms with E-state index in [0.717, 1.165) is 21.8 Å². The Kier molecular flexibility index (Phi) is 2.05. The summed E-state index contributed by atoms with van der Waals surface area (Å²) in [6, 6.07) is 15.0. The molecule has 3 nitrogen and oxygen atoms in total. The molecule has 0 fully saturated rings. The molecular formula is C14H10NO2+. The zero-order chi connectivity index (χ0) is 11.8. The number of hydrogen-bond donors (Lipinski definition) is 1. The Morgan fingerprint density at radius 1 is 1.00 bits per heavy atom. The second-order valence-electron chi connectivity index (χ2n) is 3.93. The van der Waals surface area contributed by atoms with Gasteiger partial charge in [0.05, 0.1) is 10.9 Å². The lowest BCUT2D eigenvalue weighted by Crippen LogP contribution is -2.07. The number of pyridine rings is 1. The zero-order valence-corrected chi connectivity index (χ0v) is 8.97. The summed E-state index contributed by atoms with van der Waals surface area (Å²) in [5, 5.41) is 10.9. The van der Waals surface area contributed by atoms with Gasteiger partial charge < -0.3 is 5.11 Å². The van der Waals surface area contributed by atoms with E-state index < -0.39 is 5.97 Å². The molecular weight excluding hydrogens is 214 g/mol. The highest BCUT2D eigenvalue weighted by molar-refractivity contribution is 6.04. The smallest absolute Gasteiger partial charge is 0.336 e. The van der Waals surface area contributed by atoms with Crippen LogP contribution in [0.4, 0.5) is 0 Å². The van der Waals surface area contributed by atoms with Gasteiger partial charge >= 0.3 is 5.97 Å². The van der Waals surface area contributed by atoms with E-state index in [0.29, 0.717) is 5.56 Å². The third-order valence-electron chi connectivity index (χ3n) is 2.87. The fraction of sp³-hybridized carbons (Fsp3) is 0. The number of aromatic nitrogens is 1. The fourth-order valence-electron chi connectivity index (χ4n) is 2.05. The number of H-pyrrole nitrogens is 1. The minimum Gasteiger partial charge on any atom is -0.478 e. The van der Waals surface area contributed by atoms with Crippen molar-refractivity contribution in [2.75, 3.05) is 0 Å². The van der Waals surface area contributed by atoms with Crippen LogP contribution in [-0.4, -0.2) is 11.1 Å². The summed E-state index contributed by atoms with van der Waals surface area (Å²) in [6.45, 7) is 0. The van der Waals surface area contributed by atoms with Crippen LogP contribution in [-0.2, 0) is 0 Å². The molecule has 0 saturated carbocycles. The minimum absolute atomic E-state index is 0.324. The number of para-hydroxylation sites is 1. The van der Waals surface area contributed by atoms with Crippen molar-refractivity contribution in [1.29, 1.82) is 0 Å². The summed E-state index contributed by atoms with van der Waals surface area (Å²) >= 11 is 0. The third-order valence-corrected chi connectivity index (χ3v) is 2.87. The van der Waals surface area contributed by atoms with Gasteiger partial charge in [-0.25, -0.2) is 9.78 Å². The normalized spacial score (nSPS) is 10.8. The van der Waals surface area contributed by atoms with Crippen LogP contribution in [0.2, 0.25) is 0 Å². The molecule has 3 aromatic rings. The zero-order valence-electron chi connectivity index (χ0n) is 8.97. The topological polar surface area (TPSA) is 51.4 Å². The molecule has 2 N–H and O–H groups in total. The van der Waals surface area contributed by atoms with Crippen molar-refractivity contribution < 1.29 is 14.9 Å². The number of nitrogens with one attached hydrogen (secondary N) is 1. The molecule has 0 unspecified atom stereocenters. The first-order chi connectivity index (χ1) is 8.25. The van der Waals surface area contributed by atoms with E-state index in [1.165, 1.54) is 0 Å². The molecule has 3 rings (SSSR count). The molecule has 2 aromatic carbocycles. The van der Waals surface area contributed by atoms with Crippen LogP contribution in [0, 0.1) is 0 Å². The predicted molar refractivity (Wildman–Crippen MR) is 65.0 cm³/mol. The summed E-state index contributed by atoms with van der Waals surface area (Å²) in [6.07, 6.45) is 0. The first-order valence-corrected chi connectivity index (χ1v) is 5.33. The highest BCUT2D eigenvalue weighted by Gasteiger charge is 2.13. The summed E-state index contributed by atoms with van der Waals surface area (Å²) in [7, 11) is 0. The largest absolute Gasteiger partial charge is 0.478 e. The molecule has 82 valence electrons. The number of aromatic amines is 1. The van der Waals surface area contributed by atoms with Gasteiger partial charge in [0, 0.05) is 17.5 Å². The number of benzene rings is 2. The SMILES string of the molecule is O=C(O)c1cccc2[nH+]c3ccccc3cc12. The van der Waals surface area contributed by atoms with Gasteiger partial charge in [-0.15, -0.1) is 0 Å². The first kappa shape index (κ1) is 9.78. The van der Waals surface area contributed by atoms with Crippen molar-refractivity contribution in [3.05, 3.63) is 54.1 Å². The Morgan fingerprint density at radius 2 is 1.76 bits per heavy atom. The van der Waals surface area contributed by atoms with Gasteiger partial charge in [-0.2, -0.15) is 0 Å². The summed E-state index contributed by atoms with van der Waals surface area (Å²) < 4.78 is 0. The van der Waals surface area contributed by atoms with E-state index in [2.05, 4.69) is 4.98 Å². The molecule has 0 radical (unpaired) electrons. The average molecular weight is 224 g/mol. The summed E-state index contributed by atoms with van der Waals surface area (Å²) in [5.74, 6) is -0.903. The summed E-state index contributed by atoms with van der Waals surface area (Å²) in [4.78, 5) is 14.4. The van der Waals surface area contributed by atoms with Crippen molar-refractivity contribution in [2.45, 2.75) is 0 Å². The standard InChI is InChI=1S/C14H9NO2/c16-14(17)10-5-3-7-13-11(10)8-9-4-1-2-6-12(9)15-13/h1-8H,(H,16,17)/p+1. The van der Waals surface area contributed by atoms with Gasteiger partial charge in [-0.1, -0.05) is 18.2 Å². The Morgan fingerprint density at radius 3 is 2.59 bits per heavy atom. The van der Waals surface area contributed by atoms with E-state index in [4.69, 9.17) is 5.11 Å². The number of aromatic carboxylic acids is 1. The molecule has 0 aliphatic carbocycles. The van der Waals surface area contributed by atoms with Gasteiger partial charge in [-0.05, 0) is 18.2 Å². The predicted octanol–water partition coefficient (Wildman–Crippen LogP) is 2.51. The molecule has 3 heteroatoms. The van der Waals surface area contributed by atoms with E-state index >= 15 is 0 Å². The molecule has 17 heavy (non-hydrogen) atoms. The van der Waals surface area contributed by atoms with E-state index in [-0.39, 0.29) is 0 Å². The summed E-state index contributed by atoms with van der Waals surface area (Å²) in [5.41, 5.74) is 2.16. The number of hydrogen-bond acceptors (Lipinski definition) is 1. The third kappa shape index (κ3) is 1.52. The van der Waals surface area contributed by atoms with Crippen LogP contribution in [0.5, 0.6) is 0 Å². The van der Waals surface area contributed by atoms with Crippen molar-refractivity contribution >= 4 is 27.8 Å². The second-order valence-corrected chi connectivity index (χ2v) is 3.93. The van der Waals surface area contributed by atoms with Crippen LogP contribution in [0.1, 0.15) is 10.4 Å². The fourth-order valence-corrected chi connectivity index (χ4v) is 2.05. The van der Waals surface area contributed by atoms with Crippen LogP contribution in [0.25, 0.3) is 21.8 Å². The highest BCUT2D eigenvalue weighted by atomic mass is 16.4. The van der Waals surface area contributed by atoms with Gasteiger partial charge in [-0.3, -0.25) is 0 Å². The molecule has 0 atom stereocenters. The molecule has 0 aliphatic heterocycles. The van der Waals surface area contributed by atoms with Gasteiger partial charge in [0.1, 0.15) is 0 Å². The lowest BCUT2D eigenvalue weighted by molar-refractivity contribution is -0.310. The Bertz CT molecular complexity index is 734. The number of carboxylic acids is 1. The van der Waals surface area contributed by atoms with Gasteiger partial charge in [0.25, 0.3) is 0 Å². The monoisotopic (exact) mass is 224 g/mol. The van der Waals surface area contributed by atoms with Gasteiger partial charge in [0.15, 0.2) is 0 Å². The molecule has 0 spiro atoms. The molecule has 0 aliphatic rings. The quantitative estimate of drug-likeness (QED) is 0.645. The van der Waals surface area contributed by atoms with E-state index in [1.807, 2.05) is 36.4 Å². The lowest BCUT2D eigenvalue weighted by Gasteiger charge is -1.99. The highest BCUT2D eigenvalue weighted by Crippen LogP contribution is 2.19. The number of fused-ring (bicyclic) bond motifs is 2. The van der Waals surface area contributed by atoms with Crippen LogP contribution >= 0.6 is 0 Å². The molecule has 1 aromatic heterocycles. The van der Waals surface area contributed by atoms with Crippen LogP contribution in [0.15, 0.2) is 48.5 Å². The average Bonchev–Trinajstić information content (AvgIpc) is 2.35. The maximum absolute atomic E-state index is 11.1. The van der Waals surface area contributed by atoms with Crippen molar-refractivity contribution in [3.63, 3.8) is 0 Å².